The smallest absolute Gasteiger partial charge is 0.258 e. The molecule has 0 aliphatic heterocycles. The molecule has 1 N–H and O–H groups in total. The van der Waals surface area contributed by atoms with Crippen LogP contribution in [0.1, 0.15) is 40.0 Å². The first-order valence-corrected chi connectivity index (χ1v) is 9.72. The number of non-ortho nitro benzene ring substituents is 1. The van der Waals surface area contributed by atoms with E-state index in [4.69, 9.17) is 5.10 Å². The minimum atomic E-state index is -0.390. The molecule has 0 amide bonds. The second kappa shape index (κ2) is 5.87. The van der Waals surface area contributed by atoms with Crippen LogP contribution in [0.3, 0.4) is 0 Å². The van der Waals surface area contributed by atoms with Crippen LogP contribution in [-0.2, 0) is 0 Å². The van der Waals surface area contributed by atoms with Crippen LogP contribution in [0.2, 0.25) is 0 Å². The van der Waals surface area contributed by atoms with Crippen LogP contribution in [0.25, 0.3) is 11.3 Å². The van der Waals surface area contributed by atoms with E-state index in [1.165, 1.54) is 36.0 Å². The molecule has 26 heavy (non-hydrogen) atoms. The molecule has 0 radical (unpaired) electrons. The van der Waals surface area contributed by atoms with Crippen molar-refractivity contribution in [3.8, 4) is 11.3 Å². The average Bonchev–Trinajstić information content (AvgIpc) is 3.22. The molecule has 4 rings (SSSR count). The molecule has 1 heterocycles. The van der Waals surface area contributed by atoms with E-state index in [2.05, 4.69) is 31.2 Å². The third-order valence-corrected chi connectivity index (χ3v) is 7.40. The van der Waals surface area contributed by atoms with E-state index in [1.807, 2.05) is 11.4 Å². The van der Waals surface area contributed by atoms with Crippen molar-refractivity contribution in [2.45, 2.75) is 40.0 Å². The quantitative estimate of drug-likeness (QED) is 0.582. The number of anilines is 1. The molecule has 0 saturated heterocycles. The number of benzene rings is 1. The second-order valence-electron chi connectivity index (χ2n) is 8.01. The van der Waals surface area contributed by atoms with E-state index in [0.29, 0.717) is 16.5 Å². The zero-order valence-electron chi connectivity index (χ0n) is 15.2. The van der Waals surface area contributed by atoms with Gasteiger partial charge in [0.15, 0.2) is 0 Å². The van der Waals surface area contributed by atoms with Gasteiger partial charge in [-0.05, 0) is 30.6 Å². The molecular weight excluding hydrogens is 348 g/mol. The van der Waals surface area contributed by atoms with E-state index in [9.17, 15) is 10.1 Å². The van der Waals surface area contributed by atoms with Gasteiger partial charge in [-0.1, -0.05) is 32.9 Å². The highest BCUT2D eigenvalue weighted by molar-refractivity contribution is 7.14. The van der Waals surface area contributed by atoms with Crippen LogP contribution in [0, 0.1) is 26.9 Å². The lowest BCUT2D eigenvalue weighted by atomic mass is 9.70. The number of nitrogens with one attached hydrogen (secondary N) is 1. The monoisotopic (exact) mass is 370 g/mol. The molecule has 2 aliphatic rings. The normalized spacial score (nSPS) is 27.8. The first-order chi connectivity index (χ1) is 12.3. The molecule has 2 fully saturated rings. The molecule has 136 valence electrons. The van der Waals surface area contributed by atoms with Gasteiger partial charge in [0.2, 0.25) is 5.13 Å². The zero-order valence-corrected chi connectivity index (χ0v) is 16.0. The predicted octanol–water partition coefficient (Wildman–Crippen LogP) is 5.33. The number of fused-ring (bicyclic) bond motifs is 2. The summed E-state index contributed by atoms with van der Waals surface area (Å²) in [7, 11) is 0. The average molecular weight is 370 g/mol. The number of nitro benzene ring substituents is 1. The summed E-state index contributed by atoms with van der Waals surface area (Å²) < 4.78 is 0. The number of nitro groups is 1. The van der Waals surface area contributed by atoms with Crippen molar-refractivity contribution < 1.29 is 4.92 Å². The van der Waals surface area contributed by atoms with E-state index in [1.54, 1.807) is 12.1 Å². The molecule has 0 unspecified atom stereocenters. The number of thiazole rings is 1. The molecule has 0 spiro atoms. The Hall–Kier alpha value is -2.28. The van der Waals surface area contributed by atoms with Gasteiger partial charge in [0.1, 0.15) is 0 Å². The Morgan fingerprint density at radius 2 is 2.19 bits per heavy atom. The summed E-state index contributed by atoms with van der Waals surface area (Å²) in [6.07, 6.45) is 3.54. The van der Waals surface area contributed by atoms with Gasteiger partial charge in [-0.15, -0.1) is 11.3 Å². The molecule has 1 aromatic carbocycles. The number of rotatable bonds is 4. The van der Waals surface area contributed by atoms with Crippen LogP contribution in [-0.4, -0.2) is 15.6 Å². The Labute approximate surface area is 156 Å². The van der Waals surface area contributed by atoms with Gasteiger partial charge in [-0.2, -0.15) is 5.10 Å². The van der Waals surface area contributed by atoms with Crippen LogP contribution >= 0.6 is 11.3 Å². The lowest BCUT2D eigenvalue weighted by molar-refractivity contribution is -0.384. The highest BCUT2D eigenvalue weighted by Crippen LogP contribution is 2.63. The topological polar surface area (TPSA) is 80.4 Å². The fourth-order valence-electron chi connectivity index (χ4n) is 4.45. The van der Waals surface area contributed by atoms with Crippen molar-refractivity contribution in [2.75, 3.05) is 5.43 Å². The van der Waals surface area contributed by atoms with Crippen molar-refractivity contribution >= 4 is 27.9 Å². The minimum absolute atomic E-state index is 0.0717. The van der Waals surface area contributed by atoms with Crippen molar-refractivity contribution in [3.63, 3.8) is 0 Å². The summed E-state index contributed by atoms with van der Waals surface area (Å²) >= 11 is 1.46. The maximum absolute atomic E-state index is 10.9. The first kappa shape index (κ1) is 17.1. The summed E-state index contributed by atoms with van der Waals surface area (Å²) in [6.45, 7) is 7.05. The van der Waals surface area contributed by atoms with Crippen molar-refractivity contribution in [2.24, 2.45) is 21.8 Å². The molecule has 7 heteroatoms. The standard InChI is InChI=1S/C19H22N4O2S/c1-18(2)13-7-8-19(18,3)16(10-13)21-22-17-20-15(11-26-17)12-5-4-6-14(9-12)23(24)25/h4-6,9,11,13H,7-8,10H2,1-3H3,(H,20,22)/b21-16-/t13-,19-/m1/s1. The van der Waals surface area contributed by atoms with Crippen LogP contribution in [0.4, 0.5) is 10.8 Å². The maximum atomic E-state index is 10.9. The van der Waals surface area contributed by atoms with Crippen molar-refractivity contribution in [3.05, 3.63) is 39.8 Å². The molecule has 6 nitrogen and oxygen atoms in total. The largest absolute Gasteiger partial charge is 0.270 e. The van der Waals surface area contributed by atoms with Gasteiger partial charge in [0.25, 0.3) is 5.69 Å². The molecular formula is C19H22N4O2S. The van der Waals surface area contributed by atoms with Gasteiger partial charge in [0.05, 0.1) is 10.6 Å². The van der Waals surface area contributed by atoms with E-state index in [0.717, 1.165) is 17.7 Å². The number of aromatic nitrogens is 1. The zero-order chi connectivity index (χ0) is 18.5. The third-order valence-electron chi connectivity index (χ3n) is 6.66. The second-order valence-corrected chi connectivity index (χ2v) is 8.87. The molecule has 2 aliphatic carbocycles. The van der Waals surface area contributed by atoms with Crippen LogP contribution in [0.5, 0.6) is 0 Å². The van der Waals surface area contributed by atoms with Crippen molar-refractivity contribution in [1.29, 1.82) is 0 Å². The van der Waals surface area contributed by atoms with E-state index in [-0.39, 0.29) is 11.1 Å². The third kappa shape index (κ3) is 2.53. The Kier molecular flexibility index (Phi) is 3.87. The fourth-order valence-corrected chi connectivity index (χ4v) is 5.11. The Bertz CT molecular complexity index is 904. The van der Waals surface area contributed by atoms with Gasteiger partial charge < -0.3 is 0 Å². The van der Waals surface area contributed by atoms with Crippen LogP contribution < -0.4 is 5.43 Å². The molecule has 2 saturated carbocycles. The minimum Gasteiger partial charge on any atom is -0.258 e. The summed E-state index contributed by atoms with van der Waals surface area (Å²) in [5.74, 6) is 0.713. The first-order valence-electron chi connectivity index (χ1n) is 8.85. The van der Waals surface area contributed by atoms with Gasteiger partial charge in [-0.25, -0.2) is 4.98 Å². The number of hydrogen-bond acceptors (Lipinski definition) is 6. The van der Waals surface area contributed by atoms with E-state index >= 15 is 0 Å². The van der Waals surface area contributed by atoms with Crippen molar-refractivity contribution in [1.82, 2.24) is 4.98 Å². The number of hydrogen-bond donors (Lipinski definition) is 1. The Morgan fingerprint density at radius 1 is 1.38 bits per heavy atom. The van der Waals surface area contributed by atoms with Gasteiger partial charge >= 0.3 is 0 Å². The summed E-state index contributed by atoms with van der Waals surface area (Å²) in [5, 5.41) is 18.3. The molecule has 2 atom stereocenters. The van der Waals surface area contributed by atoms with Crippen LogP contribution in [0.15, 0.2) is 34.7 Å². The fraction of sp³-hybridized carbons (Fsp3) is 0.474. The molecule has 2 bridgehead atoms. The lowest BCUT2D eigenvalue weighted by Gasteiger charge is -2.34. The highest BCUT2D eigenvalue weighted by atomic mass is 32.1. The molecule has 1 aromatic heterocycles. The SMILES string of the molecule is CC1(C)[C@@H]2CC[C@]1(C)/C(=N\Nc1nc(-c3cccc([N+](=O)[O-])c3)cs1)C2. The summed E-state index contributed by atoms with van der Waals surface area (Å²) in [6, 6.07) is 6.54. The highest BCUT2D eigenvalue weighted by Gasteiger charge is 2.59. The van der Waals surface area contributed by atoms with E-state index < -0.39 is 4.92 Å². The number of hydrazone groups is 1. The predicted molar refractivity (Wildman–Crippen MR) is 104 cm³/mol. The van der Waals surface area contributed by atoms with Gasteiger partial charge in [-0.3, -0.25) is 15.5 Å². The molecule has 2 aromatic rings. The lowest BCUT2D eigenvalue weighted by Crippen LogP contribution is -2.32. The number of nitrogens with zero attached hydrogens (tertiary/aromatic N) is 3. The summed E-state index contributed by atoms with van der Waals surface area (Å²) in [5.41, 5.74) is 6.35. The maximum Gasteiger partial charge on any atom is 0.270 e. The Morgan fingerprint density at radius 3 is 2.85 bits per heavy atom. The summed E-state index contributed by atoms with van der Waals surface area (Å²) in [4.78, 5) is 15.1. The Balaban J connectivity index is 1.53. The van der Waals surface area contributed by atoms with Gasteiger partial charge in [0, 0.05) is 34.2 Å².